The summed E-state index contributed by atoms with van der Waals surface area (Å²) >= 11 is 2.17. The van der Waals surface area contributed by atoms with Gasteiger partial charge in [0, 0.05) is 10.5 Å². The molecule has 0 aromatic carbocycles. The molecule has 0 aliphatic carbocycles. The Morgan fingerprint density at radius 1 is 1.25 bits per heavy atom. The zero-order chi connectivity index (χ0) is 5.98. The molecule has 48 valence electrons. The summed E-state index contributed by atoms with van der Waals surface area (Å²) in [6, 6.07) is 0. The average molecular weight is 130 g/mol. The van der Waals surface area contributed by atoms with Crippen molar-refractivity contribution >= 4 is 11.8 Å². The fourth-order valence-corrected chi connectivity index (χ4v) is 2.34. The van der Waals surface area contributed by atoms with Gasteiger partial charge in [-0.05, 0) is 19.3 Å². The maximum absolute atomic E-state index is 2.28. The van der Waals surface area contributed by atoms with Crippen LogP contribution in [0.25, 0.3) is 0 Å². The number of thioether (sulfide) groups is 1. The Hall–Kier alpha value is 0.350. The van der Waals surface area contributed by atoms with E-state index in [9.17, 15) is 0 Å². The monoisotopic (exact) mass is 130 g/mol. The van der Waals surface area contributed by atoms with Gasteiger partial charge in [0.1, 0.15) is 0 Å². The van der Waals surface area contributed by atoms with Crippen molar-refractivity contribution in [3.05, 3.63) is 0 Å². The molecule has 8 heavy (non-hydrogen) atoms. The lowest BCUT2D eigenvalue weighted by atomic mass is 10.1. The van der Waals surface area contributed by atoms with Gasteiger partial charge in [0.25, 0.3) is 0 Å². The minimum atomic E-state index is 1.01. The van der Waals surface area contributed by atoms with Gasteiger partial charge in [0.15, 0.2) is 0 Å². The highest BCUT2D eigenvalue weighted by Crippen LogP contribution is 2.39. The average Bonchev–Trinajstić information content (AvgIpc) is 1.65. The minimum absolute atomic E-state index is 1.01. The quantitative estimate of drug-likeness (QED) is 0.554. The maximum Gasteiger partial charge on any atom is 0.00577 e. The molecule has 0 N–H and O–H groups in total. The summed E-state index contributed by atoms with van der Waals surface area (Å²) in [6.45, 7) is 4.56. The van der Waals surface area contributed by atoms with Crippen LogP contribution in [-0.2, 0) is 0 Å². The second-order valence-corrected chi connectivity index (χ2v) is 4.04. The van der Waals surface area contributed by atoms with Gasteiger partial charge in [-0.3, -0.25) is 0 Å². The normalized spacial score (nSPS) is 36.8. The number of hydrogen-bond donors (Lipinski definition) is 0. The first-order valence-electron chi connectivity index (χ1n) is 3.52. The molecule has 1 aliphatic rings. The summed E-state index contributed by atoms with van der Waals surface area (Å²) in [5.74, 6) is 0. The first-order chi connectivity index (χ1) is 3.86. The van der Waals surface area contributed by atoms with Crippen LogP contribution in [-0.4, -0.2) is 10.5 Å². The van der Waals surface area contributed by atoms with Gasteiger partial charge < -0.3 is 0 Å². The van der Waals surface area contributed by atoms with Crippen molar-refractivity contribution in [3.8, 4) is 0 Å². The lowest BCUT2D eigenvalue weighted by Gasteiger charge is -2.33. The van der Waals surface area contributed by atoms with E-state index in [1.54, 1.807) is 0 Å². The van der Waals surface area contributed by atoms with Crippen LogP contribution in [0.15, 0.2) is 0 Å². The molecule has 0 aromatic heterocycles. The molecule has 1 heterocycles. The van der Waals surface area contributed by atoms with E-state index in [1.165, 1.54) is 19.3 Å². The van der Waals surface area contributed by atoms with Gasteiger partial charge in [-0.2, -0.15) is 11.8 Å². The maximum atomic E-state index is 2.28. The number of rotatable bonds is 2. The van der Waals surface area contributed by atoms with E-state index in [0.29, 0.717) is 0 Å². The molecule has 1 fully saturated rings. The fraction of sp³-hybridized carbons (Fsp3) is 1.00. The Balaban J connectivity index is 2.03. The summed E-state index contributed by atoms with van der Waals surface area (Å²) in [4.78, 5) is 0. The molecule has 0 bridgehead atoms. The summed E-state index contributed by atoms with van der Waals surface area (Å²) in [5, 5.41) is 2.03. The van der Waals surface area contributed by atoms with E-state index < -0.39 is 0 Å². The van der Waals surface area contributed by atoms with E-state index in [2.05, 4.69) is 25.6 Å². The highest BCUT2D eigenvalue weighted by atomic mass is 32.2. The minimum Gasteiger partial charge on any atom is -0.155 e. The van der Waals surface area contributed by atoms with Crippen LogP contribution in [0, 0.1) is 0 Å². The van der Waals surface area contributed by atoms with Crippen LogP contribution in [0.4, 0.5) is 0 Å². The highest BCUT2D eigenvalue weighted by Gasteiger charge is 2.25. The molecule has 1 rings (SSSR count). The predicted molar refractivity (Wildman–Crippen MR) is 40.4 cm³/mol. The molecule has 2 unspecified atom stereocenters. The Morgan fingerprint density at radius 3 is 1.88 bits per heavy atom. The molecule has 0 radical (unpaired) electrons. The van der Waals surface area contributed by atoms with Crippen molar-refractivity contribution in [2.24, 2.45) is 0 Å². The highest BCUT2D eigenvalue weighted by molar-refractivity contribution is 8.01. The fourth-order valence-electron chi connectivity index (χ4n) is 1.08. The van der Waals surface area contributed by atoms with Gasteiger partial charge in [0.05, 0.1) is 0 Å². The predicted octanol–water partition coefficient (Wildman–Crippen LogP) is 2.68. The Kier molecular flexibility index (Phi) is 2.24. The third kappa shape index (κ3) is 1.19. The second kappa shape index (κ2) is 2.77. The summed E-state index contributed by atoms with van der Waals surface area (Å²) < 4.78 is 0. The standard InChI is InChI=1S/C7H14S/c1-3-6-5-7(4-2)8-6/h6-7H,3-5H2,1-2H3. The van der Waals surface area contributed by atoms with Crippen LogP contribution in [0.2, 0.25) is 0 Å². The van der Waals surface area contributed by atoms with Crippen LogP contribution >= 0.6 is 11.8 Å². The largest absolute Gasteiger partial charge is 0.155 e. The zero-order valence-electron chi connectivity index (χ0n) is 5.68. The van der Waals surface area contributed by atoms with Crippen LogP contribution in [0.1, 0.15) is 33.1 Å². The Labute approximate surface area is 56.0 Å². The first-order valence-corrected chi connectivity index (χ1v) is 4.46. The van der Waals surface area contributed by atoms with Crippen molar-refractivity contribution in [3.63, 3.8) is 0 Å². The molecule has 0 spiro atoms. The third-order valence-electron chi connectivity index (χ3n) is 1.82. The smallest absolute Gasteiger partial charge is 0.00577 e. The van der Waals surface area contributed by atoms with Crippen molar-refractivity contribution in [2.75, 3.05) is 0 Å². The SMILES string of the molecule is CCC1CC(CC)S1. The molecule has 0 nitrogen and oxygen atoms in total. The molecule has 0 aromatic rings. The van der Waals surface area contributed by atoms with Gasteiger partial charge in [-0.25, -0.2) is 0 Å². The second-order valence-electron chi connectivity index (χ2n) is 2.43. The van der Waals surface area contributed by atoms with Crippen LogP contribution in [0.3, 0.4) is 0 Å². The lowest BCUT2D eigenvalue weighted by molar-refractivity contribution is 0.631. The molecule has 2 atom stereocenters. The van der Waals surface area contributed by atoms with Crippen molar-refractivity contribution in [1.29, 1.82) is 0 Å². The van der Waals surface area contributed by atoms with E-state index in [-0.39, 0.29) is 0 Å². The van der Waals surface area contributed by atoms with Gasteiger partial charge >= 0.3 is 0 Å². The number of hydrogen-bond acceptors (Lipinski definition) is 1. The lowest BCUT2D eigenvalue weighted by Crippen LogP contribution is -2.24. The van der Waals surface area contributed by atoms with Gasteiger partial charge in [-0.15, -0.1) is 0 Å². The molecule has 1 aliphatic heterocycles. The molecular weight excluding hydrogens is 116 g/mol. The van der Waals surface area contributed by atoms with Gasteiger partial charge in [-0.1, -0.05) is 13.8 Å². The van der Waals surface area contributed by atoms with Crippen LogP contribution < -0.4 is 0 Å². The zero-order valence-corrected chi connectivity index (χ0v) is 6.50. The van der Waals surface area contributed by atoms with Gasteiger partial charge in [0.2, 0.25) is 0 Å². The Bertz CT molecular complexity index is 56.8. The third-order valence-corrected chi connectivity index (χ3v) is 3.64. The molecule has 1 heteroatoms. The summed E-state index contributed by atoms with van der Waals surface area (Å²) in [7, 11) is 0. The van der Waals surface area contributed by atoms with E-state index in [1.807, 2.05) is 0 Å². The molecule has 0 saturated carbocycles. The summed E-state index contributed by atoms with van der Waals surface area (Å²) in [5.41, 5.74) is 0. The Morgan fingerprint density at radius 2 is 1.62 bits per heavy atom. The first kappa shape index (κ1) is 6.47. The molecule has 0 amide bonds. The van der Waals surface area contributed by atoms with Crippen LogP contribution in [0.5, 0.6) is 0 Å². The van der Waals surface area contributed by atoms with Crippen molar-refractivity contribution in [1.82, 2.24) is 0 Å². The molecule has 1 saturated heterocycles. The van der Waals surface area contributed by atoms with E-state index in [0.717, 1.165) is 10.5 Å². The van der Waals surface area contributed by atoms with Crippen molar-refractivity contribution < 1.29 is 0 Å². The molecular formula is C7H14S. The van der Waals surface area contributed by atoms with E-state index >= 15 is 0 Å². The summed E-state index contributed by atoms with van der Waals surface area (Å²) in [6.07, 6.45) is 4.24. The topological polar surface area (TPSA) is 0 Å². The van der Waals surface area contributed by atoms with E-state index in [4.69, 9.17) is 0 Å². The van der Waals surface area contributed by atoms with Crippen molar-refractivity contribution in [2.45, 2.75) is 43.6 Å².